The van der Waals surface area contributed by atoms with Crippen molar-refractivity contribution in [3.05, 3.63) is 35.4 Å². The van der Waals surface area contributed by atoms with Crippen LogP contribution in [0.15, 0.2) is 24.3 Å². The molecular formula is C27H34N4O7S. The van der Waals surface area contributed by atoms with Gasteiger partial charge < -0.3 is 19.1 Å². The zero-order valence-electron chi connectivity index (χ0n) is 22.6. The number of sulfone groups is 1. The molecule has 2 aromatic carbocycles. The van der Waals surface area contributed by atoms with Crippen molar-refractivity contribution in [3.8, 4) is 28.6 Å². The van der Waals surface area contributed by atoms with Crippen LogP contribution in [-0.2, 0) is 14.6 Å². The van der Waals surface area contributed by atoms with Crippen LogP contribution in [0.25, 0.3) is 22.3 Å². The van der Waals surface area contributed by atoms with Gasteiger partial charge in [0.1, 0.15) is 23.1 Å². The van der Waals surface area contributed by atoms with Crippen molar-refractivity contribution in [2.24, 2.45) is 0 Å². The number of benzene rings is 2. The van der Waals surface area contributed by atoms with Gasteiger partial charge in [-0.15, -0.1) is 0 Å². The first kappa shape index (κ1) is 28.4. The smallest absolute Gasteiger partial charge is 0.243 e. The quantitative estimate of drug-likeness (QED) is 0.216. The Morgan fingerprint density at radius 3 is 2.33 bits per heavy atom. The third kappa shape index (κ3) is 6.51. The number of hydrogen-bond donors (Lipinski definition) is 2. The Morgan fingerprint density at radius 1 is 1.03 bits per heavy atom. The summed E-state index contributed by atoms with van der Waals surface area (Å²) < 4.78 is 41.4. The van der Waals surface area contributed by atoms with Gasteiger partial charge in [0, 0.05) is 37.2 Å². The number of rotatable bonds is 10. The molecule has 3 aromatic rings. The highest BCUT2D eigenvalue weighted by Gasteiger charge is 2.26. The zero-order chi connectivity index (χ0) is 28.2. The summed E-state index contributed by atoms with van der Waals surface area (Å²) in [6.07, 6.45) is 1.50. The Hall–Kier alpha value is -3.64. The summed E-state index contributed by atoms with van der Waals surface area (Å²) in [6.45, 7) is 5.00. The fraction of sp³-hybridized carbons (Fsp3) is 0.444. The fourth-order valence-corrected chi connectivity index (χ4v) is 5.87. The Labute approximate surface area is 228 Å². The molecule has 1 aliphatic heterocycles. The molecule has 1 fully saturated rings. The average Bonchev–Trinajstić information content (AvgIpc) is 2.92. The van der Waals surface area contributed by atoms with Crippen LogP contribution in [-0.4, -0.2) is 74.9 Å². The Balaban J connectivity index is 1.70. The van der Waals surface area contributed by atoms with Crippen molar-refractivity contribution < 1.29 is 32.6 Å². The van der Waals surface area contributed by atoms with Crippen LogP contribution in [0.1, 0.15) is 30.4 Å². The summed E-state index contributed by atoms with van der Waals surface area (Å²) in [5.41, 5.74) is 4.88. The Bertz CT molecular complexity index is 1440. The van der Waals surface area contributed by atoms with Crippen LogP contribution >= 0.6 is 0 Å². The summed E-state index contributed by atoms with van der Waals surface area (Å²) in [5, 5.41) is 9.30. The molecule has 39 heavy (non-hydrogen) atoms. The van der Waals surface area contributed by atoms with E-state index >= 15 is 0 Å². The van der Waals surface area contributed by atoms with Crippen LogP contribution in [0.4, 0.5) is 5.82 Å². The van der Waals surface area contributed by atoms with E-state index in [0.29, 0.717) is 66.6 Å². The van der Waals surface area contributed by atoms with E-state index in [-0.39, 0.29) is 17.9 Å². The van der Waals surface area contributed by atoms with E-state index in [4.69, 9.17) is 29.4 Å². The molecule has 11 nitrogen and oxygen atoms in total. The Morgan fingerprint density at radius 2 is 1.72 bits per heavy atom. The van der Waals surface area contributed by atoms with Crippen LogP contribution < -0.4 is 24.6 Å². The maximum Gasteiger partial charge on any atom is 0.243 e. The highest BCUT2D eigenvalue weighted by atomic mass is 32.2. The SMILES string of the molecule is COc1cc(OC)c2c(N3CCS(=O)(=O)CC3)nc(-c3cc(C)c(OCCCCC(=O)NO)c(C)c3)nc2c1. The van der Waals surface area contributed by atoms with Crippen molar-refractivity contribution in [1.82, 2.24) is 15.4 Å². The van der Waals surface area contributed by atoms with Gasteiger partial charge in [-0.25, -0.2) is 23.9 Å². The summed E-state index contributed by atoms with van der Waals surface area (Å²) in [4.78, 5) is 22.9. The van der Waals surface area contributed by atoms with E-state index in [2.05, 4.69) is 0 Å². The van der Waals surface area contributed by atoms with E-state index in [1.54, 1.807) is 25.8 Å². The molecule has 1 aromatic heterocycles. The number of aromatic nitrogens is 2. The number of nitrogens with one attached hydrogen (secondary N) is 1. The van der Waals surface area contributed by atoms with Gasteiger partial charge in [0.25, 0.3) is 0 Å². The van der Waals surface area contributed by atoms with Gasteiger partial charge in [-0.3, -0.25) is 10.0 Å². The second-order valence-electron chi connectivity index (χ2n) is 9.51. The normalized spacial score (nSPS) is 14.7. The molecule has 2 N–H and O–H groups in total. The van der Waals surface area contributed by atoms with Gasteiger partial charge in [-0.2, -0.15) is 0 Å². The molecule has 2 heterocycles. The van der Waals surface area contributed by atoms with E-state index in [0.717, 1.165) is 22.4 Å². The number of nitrogens with zero attached hydrogens (tertiary/aromatic N) is 3. The van der Waals surface area contributed by atoms with Gasteiger partial charge in [-0.1, -0.05) is 0 Å². The van der Waals surface area contributed by atoms with Gasteiger partial charge in [0.15, 0.2) is 15.7 Å². The average molecular weight is 559 g/mol. The largest absolute Gasteiger partial charge is 0.497 e. The molecule has 0 atom stereocenters. The number of carbonyl (C=O) groups excluding carboxylic acids is 1. The topological polar surface area (TPSA) is 140 Å². The molecule has 0 aliphatic carbocycles. The molecular weight excluding hydrogens is 524 g/mol. The van der Waals surface area contributed by atoms with Crippen molar-refractivity contribution in [2.45, 2.75) is 33.1 Å². The molecule has 1 amide bonds. The number of unbranched alkanes of at least 4 members (excludes halogenated alkanes) is 1. The standard InChI is InChI=1S/C27H34N4O7S/c1-17-13-19(14-18(2)25(17)38-10-6-5-7-23(32)30-33)26-28-21-15-20(36-3)16-22(37-4)24(21)27(29-26)31-8-11-39(34,35)12-9-31/h13-16,33H,5-12H2,1-4H3,(H,30,32). The molecule has 12 heteroatoms. The van der Waals surface area contributed by atoms with Crippen LogP contribution in [0.2, 0.25) is 0 Å². The first-order chi connectivity index (χ1) is 18.7. The number of carbonyl (C=O) groups is 1. The van der Waals surface area contributed by atoms with Gasteiger partial charge in [0.2, 0.25) is 5.91 Å². The van der Waals surface area contributed by atoms with Crippen LogP contribution in [0.3, 0.4) is 0 Å². The summed E-state index contributed by atoms with van der Waals surface area (Å²) in [6, 6.07) is 7.52. The van der Waals surface area contributed by atoms with E-state index in [9.17, 15) is 13.2 Å². The first-order valence-corrected chi connectivity index (χ1v) is 14.5. The molecule has 0 bridgehead atoms. The second kappa shape index (κ2) is 12.0. The monoisotopic (exact) mass is 558 g/mol. The van der Waals surface area contributed by atoms with E-state index in [1.807, 2.05) is 36.9 Å². The van der Waals surface area contributed by atoms with Gasteiger partial charge in [0.05, 0.1) is 43.2 Å². The lowest BCUT2D eigenvalue weighted by molar-refractivity contribution is -0.129. The molecule has 0 radical (unpaired) electrons. The fourth-order valence-electron chi connectivity index (χ4n) is 4.67. The molecule has 0 saturated carbocycles. The number of aryl methyl sites for hydroxylation is 2. The number of amides is 1. The predicted octanol–water partition coefficient (Wildman–Crippen LogP) is 3.22. The van der Waals surface area contributed by atoms with Crippen molar-refractivity contribution in [1.29, 1.82) is 0 Å². The molecule has 4 rings (SSSR count). The molecule has 0 unspecified atom stereocenters. The van der Waals surface area contributed by atoms with Gasteiger partial charge >= 0.3 is 0 Å². The van der Waals surface area contributed by atoms with Crippen molar-refractivity contribution in [2.75, 3.05) is 50.3 Å². The van der Waals surface area contributed by atoms with E-state index < -0.39 is 15.7 Å². The lowest BCUT2D eigenvalue weighted by Gasteiger charge is -2.29. The Kier molecular flexibility index (Phi) is 8.76. The number of fused-ring (bicyclic) bond motifs is 1. The van der Waals surface area contributed by atoms with Crippen LogP contribution in [0, 0.1) is 13.8 Å². The maximum atomic E-state index is 12.1. The first-order valence-electron chi connectivity index (χ1n) is 12.7. The van der Waals surface area contributed by atoms with Crippen molar-refractivity contribution in [3.63, 3.8) is 0 Å². The van der Waals surface area contributed by atoms with Crippen molar-refractivity contribution >= 4 is 32.5 Å². The molecule has 0 spiro atoms. The summed E-state index contributed by atoms with van der Waals surface area (Å²) >= 11 is 0. The minimum absolute atomic E-state index is 0.0568. The minimum Gasteiger partial charge on any atom is -0.497 e. The highest BCUT2D eigenvalue weighted by molar-refractivity contribution is 7.91. The minimum atomic E-state index is -3.08. The molecule has 1 aliphatic rings. The molecule has 1 saturated heterocycles. The number of methoxy groups -OCH3 is 2. The number of ether oxygens (including phenoxy) is 3. The molecule has 210 valence electrons. The van der Waals surface area contributed by atoms with Crippen LogP contribution in [0.5, 0.6) is 17.2 Å². The highest BCUT2D eigenvalue weighted by Crippen LogP contribution is 2.39. The number of hydrogen-bond acceptors (Lipinski definition) is 10. The third-order valence-corrected chi connectivity index (χ3v) is 8.31. The van der Waals surface area contributed by atoms with E-state index in [1.165, 1.54) is 0 Å². The van der Waals surface area contributed by atoms with Gasteiger partial charge in [-0.05, 0) is 49.9 Å². The maximum absolute atomic E-state index is 12.1. The lowest BCUT2D eigenvalue weighted by atomic mass is 10.0. The predicted molar refractivity (Wildman–Crippen MR) is 148 cm³/mol. The zero-order valence-corrected chi connectivity index (χ0v) is 23.4. The number of anilines is 1. The summed E-state index contributed by atoms with van der Waals surface area (Å²) in [5.74, 6) is 2.71. The number of hydroxylamine groups is 1. The lowest BCUT2D eigenvalue weighted by Crippen LogP contribution is -2.40. The second-order valence-corrected chi connectivity index (χ2v) is 11.8. The summed E-state index contributed by atoms with van der Waals surface area (Å²) in [7, 11) is 0.0642. The third-order valence-electron chi connectivity index (χ3n) is 6.70.